The highest BCUT2D eigenvalue weighted by Crippen LogP contribution is 2.04. The number of aliphatic hydroxyl groups excluding tert-OH is 2. The quantitative estimate of drug-likeness (QED) is 0.698. The normalized spacial score (nSPS) is 13.6. The molecular formula is C14H21NO4. The summed E-state index contributed by atoms with van der Waals surface area (Å²) < 4.78 is 5.02. The van der Waals surface area contributed by atoms with Gasteiger partial charge in [0.15, 0.2) is 0 Å². The first kappa shape index (κ1) is 15.5. The van der Waals surface area contributed by atoms with Gasteiger partial charge in [0.25, 0.3) is 0 Å². The zero-order chi connectivity index (χ0) is 14.1. The number of rotatable bonds is 7. The van der Waals surface area contributed by atoms with E-state index in [2.05, 4.69) is 5.32 Å². The third kappa shape index (κ3) is 5.72. The van der Waals surface area contributed by atoms with Crippen LogP contribution in [-0.4, -0.2) is 35.1 Å². The zero-order valence-electron chi connectivity index (χ0n) is 11.1. The summed E-state index contributed by atoms with van der Waals surface area (Å²) in [5, 5.41) is 21.3. The molecule has 1 aromatic carbocycles. The third-order valence-corrected chi connectivity index (χ3v) is 2.76. The Hall–Kier alpha value is -1.59. The van der Waals surface area contributed by atoms with Crippen molar-refractivity contribution in [1.29, 1.82) is 0 Å². The van der Waals surface area contributed by atoms with Gasteiger partial charge in [0, 0.05) is 0 Å². The third-order valence-electron chi connectivity index (χ3n) is 2.76. The molecule has 1 amide bonds. The van der Waals surface area contributed by atoms with Gasteiger partial charge in [-0.3, -0.25) is 0 Å². The van der Waals surface area contributed by atoms with Crippen molar-refractivity contribution in [2.75, 3.05) is 6.61 Å². The van der Waals surface area contributed by atoms with Gasteiger partial charge in [-0.1, -0.05) is 43.7 Å². The number of carbonyl (C=O) groups is 1. The molecule has 0 bridgehead atoms. The average molecular weight is 267 g/mol. The van der Waals surface area contributed by atoms with Gasteiger partial charge in [0.05, 0.1) is 18.8 Å². The molecule has 0 spiro atoms. The Bertz CT molecular complexity index is 369. The molecule has 1 rings (SSSR count). The first-order chi connectivity index (χ1) is 9.17. The topological polar surface area (TPSA) is 78.8 Å². The van der Waals surface area contributed by atoms with Crippen LogP contribution in [0.1, 0.15) is 25.3 Å². The summed E-state index contributed by atoms with van der Waals surface area (Å²) >= 11 is 0. The van der Waals surface area contributed by atoms with Crippen LogP contribution in [0.4, 0.5) is 4.79 Å². The minimum Gasteiger partial charge on any atom is -0.445 e. The highest BCUT2D eigenvalue weighted by molar-refractivity contribution is 5.67. The van der Waals surface area contributed by atoms with Crippen molar-refractivity contribution in [3.05, 3.63) is 35.9 Å². The number of aliphatic hydroxyl groups is 2. The van der Waals surface area contributed by atoms with Gasteiger partial charge in [-0.15, -0.1) is 0 Å². The second-order valence-electron chi connectivity index (χ2n) is 4.35. The van der Waals surface area contributed by atoms with E-state index < -0.39 is 18.2 Å². The Morgan fingerprint density at radius 1 is 1.37 bits per heavy atom. The fourth-order valence-corrected chi connectivity index (χ4v) is 1.68. The van der Waals surface area contributed by atoms with Crippen LogP contribution in [-0.2, 0) is 11.3 Å². The highest BCUT2D eigenvalue weighted by Gasteiger charge is 2.20. The molecule has 5 nitrogen and oxygen atoms in total. The lowest BCUT2D eigenvalue weighted by molar-refractivity contribution is 0.0713. The maximum absolute atomic E-state index is 11.5. The molecule has 0 saturated heterocycles. The maximum Gasteiger partial charge on any atom is 0.407 e. The van der Waals surface area contributed by atoms with E-state index >= 15 is 0 Å². The van der Waals surface area contributed by atoms with Crippen LogP contribution < -0.4 is 5.32 Å². The fourth-order valence-electron chi connectivity index (χ4n) is 1.68. The summed E-state index contributed by atoms with van der Waals surface area (Å²) in [6, 6.07) is 8.61. The number of benzene rings is 1. The van der Waals surface area contributed by atoms with E-state index in [9.17, 15) is 9.90 Å². The van der Waals surface area contributed by atoms with Crippen molar-refractivity contribution in [3.8, 4) is 0 Å². The molecule has 2 atom stereocenters. The number of amides is 1. The lowest BCUT2D eigenvalue weighted by Gasteiger charge is -2.21. The van der Waals surface area contributed by atoms with Crippen molar-refractivity contribution >= 4 is 6.09 Å². The Morgan fingerprint density at radius 2 is 2.05 bits per heavy atom. The predicted octanol–water partition coefficient (Wildman–Crippen LogP) is 1.43. The fraction of sp³-hybridized carbons (Fsp3) is 0.500. The number of hydrogen-bond donors (Lipinski definition) is 3. The molecule has 0 saturated carbocycles. The van der Waals surface area contributed by atoms with E-state index in [0.717, 1.165) is 12.0 Å². The van der Waals surface area contributed by atoms with Crippen molar-refractivity contribution in [2.45, 2.75) is 38.5 Å². The van der Waals surface area contributed by atoms with Crippen molar-refractivity contribution < 1.29 is 19.7 Å². The van der Waals surface area contributed by atoms with E-state index in [4.69, 9.17) is 9.84 Å². The summed E-state index contributed by atoms with van der Waals surface area (Å²) in [5.41, 5.74) is 0.882. The summed E-state index contributed by atoms with van der Waals surface area (Å²) in [4.78, 5) is 11.5. The molecule has 2 unspecified atom stereocenters. The van der Waals surface area contributed by atoms with E-state index in [1.807, 2.05) is 37.3 Å². The van der Waals surface area contributed by atoms with Crippen molar-refractivity contribution in [1.82, 2.24) is 5.32 Å². The van der Waals surface area contributed by atoms with E-state index in [-0.39, 0.29) is 13.2 Å². The minimum absolute atomic E-state index is 0.161. The average Bonchev–Trinajstić information content (AvgIpc) is 2.44. The molecule has 0 radical (unpaired) electrons. The lowest BCUT2D eigenvalue weighted by Crippen LogP contribution is -2.45. The van der Waals surface area contributed by atoms with E-state index in [1.54, 1.807) is 0 Å². The molecule has 5 heteroatoms. The monoisotopic (exact) mass is 267 g/mol. The first-order valence-electron chi connectivity index (χ1n) is 6.43. The number of hydrogen-bond acceptors (Lipinski definition) is 4. The van der Waals surface area contributed by atoms with Crippen LogP contribution in [0.5, 0.6) is 0 Å². The van der Waals surface area contributed by atoms with Crippen LogP contribution in [0, 0.1) is 0 Å². The summed E-state index contributed by atoms with van der Waals surface area (Å²) in [6.07, 6.45) is -0.111. The van der Waals surface area contributed by atoms with Crippen LogP contribution in [0.25, 0.3) is 0 Å². The molecule has 0 aliphatic carbocycles. The largest absolute Gasteiger partial charge is 0.445 e. The maximum atomic E-state index is 11.5. The van der Waals surface area contributed by atoms with Gasteiger partial charge in [-0.05, 0) is 12.0 Å². The smallest absolute Gasteiger partial charge is 0.407 e. The second kappa shape index (κ2) is 8.50. The SMILES string of the molecule is CCCC(O)C(CO)NC(=O)OCc1ccccc1. The molecule has 0 aromatic heterocycles. The summed E-state index contributed by atoms with van der Waals surface area (Å²) in [5.74, 6) is 0. The first-order valence-corrected chi connectivity index (χ1v) is 6.43. The Balaban J connectivity index is 2.37. The van der Waals surface area contributed by atoms with Crippen molar-refractivity contribution in [3.63, 3.8) is 0 Å². The zero-order valence-corrected chi connectivity index (χ0v) is 11.1. The summed E-state index contributed by atoms with van der Waals surface area (Å²) in [7, 11) is 0. The standard InChI is InChI=1S/C14H21NO4/c1-2-6-13(17)12(9-16)15-14(18)19-10-11-7-4-3-5-8-11/h3-5,7-8,12-13,16-17H,2,6,9-10H2,1H3,(H,15,18). The molecule has 1 aromatic rings. The highest BCUT2D eigenvalue weighted by atomic mass is 16.5. The molecule has 0 heterocycles. The molecule has 0 aliphatic heterocycles. The van der Waals surface area contributed by atoms with Gasteiger partial charge < -0.3 is 20.3 Å². The second-order valence-corrected chi connectivity index (χ2v) is 4.35. The molecule has 19 heavy (non-hydrogen) atoms. The van der Waals surface area contributed by atoms with Gasteiger partial charge in [-0.25, -0.2) is 4.79 Å². The Kier molecular flexibility index (Phi) is 6.92. The van der Waals surface area contributed by atoms with Crippen LogP contribution in [0.15, 0.2) is 30.3 Å². The van der Waals surface area contributed by atoms with E-state index in [0.29, 0.717) is 6.42 Å². The summed E-state index contributed by atoms with van der Waals surface area (Å²) in [6.45, 7) is 1.77. The Morgan fingerprint density at radius 3 is 2.63 bits per heavy atom. The van der Waals surface area contributed by atoms with E-state index in [1.165, 1.54) is 0 Å². The number of nitrogens with one attached hydrogen (secondary N) is 1. The molecule has 106 valence electrons. The lowest BCUT2D eigenvalue weighted by atomic mass is 10.1. The Labute approximate surface area is 113 Å². The minimum atomic E-state index is -0.765. The molecule has 0 aliphatic rings. The van der Waals surface area contributed by atoms with Gasteiger partial charge in [0.1, 0.15) is 6.61 Å². The number of ether oxygens (including phenoxy) is 1. The molecular weight excluding hydrogens is 246 g/mol. The van der Waals surface area contributed by atoms with Gasteiger partial charge >= 0.3 is 6.09 Å². The molecule has 3 N–H and O–H groups in total. The molecule has 0 fully saturated rings. The van der Waals surface area contributed by atoms with Crippen LogP contribution in [0.2, 0.25) is 0 Å². The van der Waals surface area contributed by atoms with Gasteiger partial charge in [-0.2, -0.15) is 0 Å². The predicted molar refractivity (Wildman–Crippen MR) is 71.6 cm³/mol. The van der Waals surface area contributed by atoms with Crippen molar-refractivity contribution in [2.24, 2.45) is 0 Å². The number of carbonyl (C=O) groups excluding carboxylic acids is 1. The van der Waals surface area contributed by atoms with Crippen LogP contribution in [0.3, 0.4) is 0 Å². The number of alkyl carbamates (subject to hydrolysis) is 1. The van der Waals surface area contributed by atoms with Gasteiger partial charge in [0.2, 0.25) is 0 Å². The van der Waals surface area contributed by atoms with Crippen LogP contribution >= 0.6 is 0 Å².